The van der Waals surface area contributed by atoms with Gasteiger partial charge in [0.05, 0.1) is 24.8 Å². The quantitative estimate of drug-likeness (QED) is 0.419. The summed E-state index contributed by atoms with van der Waals surface area (Å²) in [7, 11) is 2.98. The van der Waals surface area contributed by atoms with Crippen LogP contribution in [0.15, 0.2) is 48.7 Å². The molecule has 1 aliphatic heterocycles. The molecule has 190 valence electrons. The highest BCUT2D eigenvalue weighted by atomic mass is 35.5. The Hall–Kier alpha value is -3.07. The average Bonchev–Trinajstić information content (AvgIpc) is 3.29. The summed E-state index contributed by atoms with van der Waals surface area (Å²) in [5.41, 5.74) is 1.95. The molecule has 1 saturated heterocycles. The summed E-state index contributed by atoms with van der Waals surface area (Å²) < 4.78 is 37.8. The van der Waals surface area contributed by atoms with Crippen LogP contribution in [0, 0.1) is 11.6 Å². The Morgan fingerprint density at radius 2 is 2.08 bits per heavy atom. The SMILES string of the molecule is COC(=O)C1C(NCCc2c(Cl)cnc3ccc(OC)cc23)CCN1C/C=C/c1cc(F)ccc1F. The molecule has 1 aliphatic rings. The highest BCUT2D eigenvalue weighted by Gasteiger charge is 2.39. The fraction of sp³-hybridized carbons (Fsp3) is 0.333. The van der Waals surface area contributed by atoms with Crippen molar-refractivity contribution in [2.24, 2.45) is 0 Å². The van der Waals surface area contributed by atoms with Crippen molar-refractivity contribution in [3.63, 3.8) is 0 Å². The van der Waals surface area contributed by atoms with E-state index in [0.717, 1.165) is 46.8 Å². The number of ether oxygens (including phenoxy) is 2. The zero-order valence-corrected chi connectivity index (χ0v) is 20.9. The molecule has 0 bridgehead atoms. The van der Waals surface area contributed by atoms with Crippen molar-refractivity contribution in [1.82, 2.24) is 15.2 Å². The number of hydrogen-bond donors (Lipinski definition) is 1. The van der Waals surface area contributed by atoms with Crippen molar-refractivity contribution in [3.8, 4) is 5.75 Å². The van der Waals surface area contributed by atoms with Crippen LogP contribution in [0.2, 0.25) is 5.02 Å². The summed E-state index contributed by atoms with van der Waals surface area (Å²) in [6.07, 6.45) is 6.27. The van der Waals surface area contributed by atoms with Gasteiger partial charge in [-0.25, -0.2) is 8.78 Å². The minimum absolute atomic E-state index is 0.127. The Kier molecular flexibility index (Phi) is 8.51. The molecule has 0 aliphatic carbocycles. The van der Waals surface area contributed by atoms with E-state index in [9.17, 15) is 13.6 Å². The van der Waals surface area contributed by atoms with E-state index >= 15 is 0 Å². The predicted molar refractivity (Wildman–Crippen MR) is 136 cm³/mol. The van der Waals surface area contributed by atoms with Gasteiger partial charge < -0.3 is 14.8 Å². The number of hydrogen-bond acceptors (Lipinski definition) is 6. The van der Waals surface area contributed by atoms with Gasteiger partial charge in [-0.15, -0.1) is 0 Å². The standard InChI is InChI=1S/C27H28ClF2N3O3/c1-35-19-6-8-24-21(15-19)20(22(28)16-32-24)9-11-31-25-10-13-33(26(25)27(34)36-2)12-3-4-17-14-18(29)5-7-23(17)30/h3-8,14-16,25-26,31H,9-13H2,1-2H3/b4-3+. The van der Waals surface area contributed by atoms with E-state index in [1.165, 1.54) is 13.2 Å². The molecule has 1 fully saturated rings. The van der Waals surface area contributed by atoms with Crippen LogP contribution in [-0.4, -0.2) is 61.8 Å². The minimum Gasteiger partial charge on any atom is -0.497 e. The number of fused-ring (bicyclic) bond motifs is 1. The number of aromatic nitrogens is 1. The topological polar surface area (TPSA) is 63.7 Å². The highest BCUT2D eigenvalue weighted by molar-refractivity contribution is 6.32. The van der Waals surface area contributed by atoms with Gasteiger partial charge in [-0.2, -0.15) is 0 Å². The minimum atomic E-state index is -0.505. The third-order valence-electron chi connectivity index (χ3n) is 6.46. The average molecular weight is 516 g/mol. The predicted octanol–water partition coefficient (Wildman–Crippen LogP) is 4.64. The Bertz CT molecular complexity index is 1270. The Morgan fingerprint density at radius 1 is 1.25 bits per heavy atom. The molecule has 0 radical (unpaired) electrons. The third-order valence-corrected chi connectivity index (χ3v) is 6.78. The molecular weight excluding hydrogens is 488 g/mol. The van der Waals surface area contributed by atoms with Crippen LogP contribution in [0.1, 0.15) is 17.5 Å². The molecule has 36 heavy (non-hydrogen) atoms. The second-order valence-electron chi connectivity index (χ2n) is 8.60. The molecule has 0 spiro atoms. The lowest BCUT2D eigenvalue weighted by atomic mass is 10.0. The van der Waals surface area contributed by atoms with Crippen molar-refractivity contribution in [3.05, 3.63) is 76.5 Å². The molecule has 2 aromatic carbocycles. The number of esters is 1. The Morgan fingerprint density at radius 3 is 2.86 bits per heavy atom. The van der Waals surface area contributed by atoms with Gasteiger partial charge in [-0.05, 0) is 61.3 Å². The maximum absolute atomic E-state index is 13.9. The van der Waals surface area contributed by atoms with Crippen molar-refractivity contribution < 1.29 is 23.0 Å². The largest absolute Gasteiger partial charge is 0.497 e. The summed E-state index contributed by atoms with van der Waals surface area (Å²) in [5.74, 6) is -0.621. The zero-order chi connectivity index (χ0) is 25.7. The van der Waals surface area contributed by atoms with Gasteiger partial charge in [-0.3, -0.25) is 14.7 Å². The van der Waals surface area contributed by atoms with E-state index in [1.807, 2.05) is 23.1 Å². The Balaban J connectivity index is 1.43. The van der Waals surface area contributed by atoms with Gasteiger partial charge in [0.15, 0.2) is 0 Å². The van der Waals surface area contributed by atoms with E-state index in [0.29, 0.717) is 31.1 Å². The molecule has 2 atom stereocenters. The molecular formula is C27H28ClF2N3O3. The first-order valence-corrected chi connectivity index (χ1v) is 12.1. The Labute approximate surface area is 213 Å². The highest BCUT2D eigenvalue weighted by Crippen LogP contribution is 2.28. The molecule has 1 N–H and O–H groups in total. The van der Waals surface area contributed by atoms with Crippen molar-refractivity contribution in [2.75, 3.05) is 33.9 Å². The molecule has 2 heterocycles. The lowest BCUT2D eigenvalue weighted by Crippen LogP contribution is -2.48. The van der Waals surface area contributed by atoms with Crippen LogP contribution < -0.4 is 10.1 Å². The van der Waals surface area contributed by atoms with E-state index < -0.39 is 17.7 Å². The van der Waals surface area contributed by atoms with E-state index in [-0.39, 0.29) is 17.6 Å². The van der Waals surface area contributed by atoms with Gasteiger partial charge in [0.1, 0.15) is 23.4 Å². The maximum Gasteiger partial charge on any atom is 0.324 e. The number of carbonyl (C=O) groups excluding carboxylic acids is 1. The maximum atomic E-state index is 13.9. The first-order chi connectivity index (χ1) is 17.4. The lowest BCUT2D eigenvalue weighted by molar-refractivity contribution is -0.146. The number of methoxy groups -OCH3 is 2. The van der Waals surface area contributed by atoms with Crippen LogP contribution in [-0.2, 0) is 16.0 Å². The number of benzene rings is 2. The number of rotatable bonds is 9. The summed E-state index contributed by atoms with van der Waals surface area (Å²) in [6, 6.07) is 8.36. The monoisotopic (exact) mass is 515 g/mol. The van der Waals surface area contributed by atoms with Crippen LogP contribution in [0.3, 0.4) is 0 Å². The molecule has 4 rings (SSSR count). The van der Waals surface area contributed by atoms with Crippen molar-refractivity contribution >= 4 is 34.5 Å². The van der Waals surface area contributed by atoms with Gasteiger partial charge in [0, 0.05) is 36.3 Å². The summed E-state index contributed by atoms with van der Waals surface area (Å²) in [5, 5.41) is 4.98. The van der Waals surface area contributed by atoms with Crippen LogP contribution >= 0.6 is 11.6 Å². The number of halogens is 3. The van der Waals surface area contributed by atoms with Crippen LogP contribution in [0.4, 0.5) is 8.78 Å². The number of nitrogens with one attached hydrogen (secondary N) is 1. The molecule has 3 aromatic rings. The van der Waals surface area contributed by atoms with Crippen LogP contribution in [0.25, 0.3) is 17.0 Å². The fourth-order valence-corrected chi connectivity index (χ4v) is 4.88. The number of likely N-dealkylation sites (tertiary alicyclic amines) is 1. The summed E-state index contributed by atoms with van der Waals surface area (Å²) >= 11 is 6.48. The first-order valence-electron chi connectivity index (χ1n) is 11.7. The normalized spacial score (nSPS) is 18.2. The van der Waals surface area contributed by atoms with Crippen molar-refractivity contribution in [1.29, 1.82) is 0 Å². The van der Waals surface area contributed by atoms with Gasteiger partial charge in [0.25, 0.3) is 0 Å². The van der Waals surface area contributed by atoms with Crippen molar-refractivity contribution in [2.45, 2.75) is 24.9 Å². The van der Waals surface area contributed by atoms with E-state index in [1.54, 1.807) is 19.4 Å². The first kappa shape index (κ1) is 26.0. The van der Waals surface area contributed by atoms with Gasteiger partial charge in [-0.1, -0.05) is 23.8 Å². The molecule has 9 heteroatoms. The smallest absolute Gasteiger partial charge is 0.324 e. The summed E-state index contributed by atoms with van der Waals surface area (Å²) in [4.78, 5) is 19.0. The van der Waals surface area contributed by atoms with Crippen LogP contribution in [0.5, 0.6) is 5.75 Å². The van der Waals surface area contributed by atoms with E-state index in [4.69, 9.17) is 21.1 Å². The number of pyridine rings is 1. The molecule has 0 amide bonds. The molecule has 0 saturated carbocycles. The van der Waals surface area contributed by atoms with Gasteiger partial charge in [0.2, 0.25) is 0 Å². The number of carbonyl (C=O) groups is 1. The summed E-state index contributed by atoms with van der Waals surface area (Å²) in [6.45, 7) is 1.64. The zero-order valence-electron chi connectivity index (χ0n) is 20.1. The van der Waals surface area contributed by atoms with Gasteiger partial charge >= 0.3 is 5.97 Å². The molecule has 1 aromatic heterocycles. The second-order valence-corrected chi connectivity index (χ2v) is 9.01. The third kappa shape index (κ3) is 5.83. The fourth-order valence-electron chi connectivity index (χ4n) is 4.63. The second kappa shape index (κ2) is 11.8. The van der Waals surface area contributed by atoms with E-state index in [2.05, 4.69) is 10.3 Å². The molecule has 2 unspecified atom stereocenters. The molecule has 6 nitrogen and oxygen atoms in total. The lowest BCUT2D eigenvalue weighted by Gasteiger charge is -2.25. The number of nitrogens with zero attached hydrogens (tertiary/aromatic N) is 2.